The molecule has 0 saturated carbocycles. The van der Waals surface area contributed by atoms with Crippen LogP contribution in [0.15, 0.2) is 54.6 Å². The molecule has 0 spiro atoms. The van der Waals surface area contributed by atoms with Crippen LogP contribution in [-0.4, -0.2) is 18.4 Å². The van der Waals surface area contributed by atoms with Crippen molar-refractivity contribution >= 4 is 11.8 Å². The lowest BCUT2D eigenvalue weighted by Gasteiger charge is -2.14. The fourth-order valence-electron chi connectivity index (χ4n) is 2.23. The maximum atomic E-state index is 11.9. The molecule has 1 unspecified atom stereocenters. The van der Waals surface area contributed by atoms with E-state index in [9.17, 15) is 9.59 Å². The topological polar surface area (TPSA) is 58.2 Å². The minimum Gasteiger partial charge on any atom is -0.352 e. The Morgan fingerprint density at radius 1 is 1.00 bits per heavy atom. The molecule has 4 heteroatoms. The van der Waals surface area contributed by atoms with Gasteiger partial charge in [0.15, 0.2) is 0 Å². The highest BCUT2D eigenvalue weighted by Gasteiger charge is 2.10. The van der Waals surface area contributed by atoms with Gasteiger partial charge in [-0.25, -0.2) is 0 Å². The van der Waals surface area contributed by atoms with Crippen LogP contribution >= 0.6 is 0 Å². The standard InChI is InChI=1S/C19H22N2O2/c1-14-8-10-16(11-9-14)15(2)21-18(22)12-13-20-19(23)17-6-4-3-5-7-17/h3-11,15H,12-13H2,1-2H3,(H,20,23)(H,21,22). The summed E-state index contributed by atoms with van der Waals surface area (Å²) in [4.78, 5) is 23.8. The maximum Gasteiger partial charge on any atom is 0.251 e. The first kappa shape index (κ1) is 16.7. The van der Waals surface area contributed by atoms with Gasteiger partial charge in [0.1, 0.15) is 0 Å². The third-order valence-electron chi connectivity index (χ3n) is 3.63. The molecule has 0 heterocycles. The lowest BCUT2D eigenvalue weighted by molar-refractivity contribution is -0.121. The molecule has 2 rings (SSSR count). The summed E-state index contributed by atoms with van der Waals surface area (Å²) in [5.74, 6) is -0.239. The van der Waals surface area contributed by atoms with Crippen molar-refractivity contribution < 1.29 is 9.59 Å². The molecule has 120 valence electrons. The molecule has 0 fully saturated rings. The van der Waals surface area contributed by atoms with Crippen LogP contribution in [0.25, 0.3) is 0 Å². The largest absolute Gasteiger partial charge is 0.352 e. The number of rotatable bonds is 6. The molecule has 2 amide bonds. The number of hydrogen-bond donors (Lipinski definition) is 2. The van der Waals surface area contributed by atoms with Crippen molar-refractivity contribution in [3.8, 4) is 0 Å². The molecule has 23 heavy (non-hydrogen) atoms. The number of aryl methyl sites for hydroxylation is 1. The molecule has 0 aliphatic carbocycles. The van der Waals surface area contributed by atoms with Gasteiger partial charge in [-0.2, -0.15) is 0 Å². The number of nitrogens with one attached hydrogen (secondary N) is 2. The van der Waals surface area contributed by atoms with E-state index in [0.29, 0.717) is 12.1 Å². The molecule has 2 aromatic rings. The predicted molar refractivity (Wildman–Crippen MR) is 91.1 cm³/mol. The van der Waals surface area contributed by atoms with Crippen LogP contribution in [0.2, 0.25) is 0 Å². The Hall–Kier alpha value is -2.62. The van der Waals surface area contributed by atoms with Crippen LogP contribution < -0.4 is 10.6 Å². The highest BCUT2D eigenvalue weighted by Crippen LogP contribution is 2.12. The van der Waals surface area contributed by atoms with Crippen molar-refractivity contribution in [2.75, 3.05) is 6.54 Å². The zero-order valence-electron chi connectivity index (χ0n) is 13.5. The summed E-state index contributed by atoms with van der Waals surface area (Å²) in [6.45, 7) is 4.30. The van der Waals surface area contributed by atoms with Gasteiger partial charge >= 0.3 is 0 Å². The molecule has 2 aromatic carbocycles. The van der Waals surface area contributed by atoms with Crippen molar-refractivity contribution in [2.45, 2.75) is 26.3 Å². The fourth-order valence-corrected chi connectivity index (χ4v) is 2.23. The zero-order valence-corrected chi connectivity index (χ0v) is 13.5. The molecule has 0 aliphatic heterocycles. The van der Waals surface area contributed by atoms with Gasteiger partial charge in [0.05, 0.1) is 6.04 Å². The molecular formula is C19H22N2O2. The van der Waals surface area contributed by atoms with Crippen molar-refractivity contribution in [1.29, 1.82) is 0 Å². The summed E-state index contributed by atoms with van der Waals surface area (Å²) in [5.41, 5.74) is 2.86. The van der Waals surface area contributed by atoms with Gasteiger partial charge in [0.25, 0.3) is 5.91 Å². The lowest BCUT2D eigenvalue weighted by Crippen LogP contribution is -2.32. The second kappa shape index (κ2) is 8.13. The number of carbonyl (C=O) groups is 2. The van der Waals surface area contributed by atoms with Gasteiger partial charge in [-0.05, 0) is 31.5 Å². The van der Waals surface area contributed by atoms with Gasteiger partial charge in [0.2, 0.25) is 5.91 Å². The minimum atomic E-state index is -0.162. The van der Waals surface area contributed by atoms with Crippen LogP contribution in [0.1, 0.15) is 40.9 Å². The summed E-state index contributed by atoms with van der Waals surface area (Å²) in [6, 6.07) is 17.0. The Labute approximate surface area is 136 Å². The average Bonchev–Trinajstić information content (AvgIpc) is 2.56. The Morgan fingerprint density at radius 2 is 1.65 bits per heavy atom. The Morgan fingerprint density at radius 3 is 2.30 bits per heavy atom. The summed E-state index contributed by atoms with van der Waals surface area (Å²) < 4.78 is 0. The van der Waals surface area contributed by atoms with E-state index >= 15 is 0 Å². The number of amides is 2. The van der Waals surface area contributed by atoms with Crippen molar-refractivity contribution in [1.82, 2.24) is 10.6 Å². The monoisotopic (exact) mass is 310 g/mol. The van der Waals surface area contributed by atoms with E-state index in [4.69, 9.17) is 0 Å². The number of carbonyl (C=O) groups excluding carboxylic acids is 2. The smallest absolute Gasteiger partial charge is 0.251 e. The molecule has 4 nitrogen and oxygen atoms in total. The fraction of sp³-hybridized carbons (Fsp3) is 0.263. The lowest BCUT2D eigenvalue weighted by atomic mass is 10.1. The summed E-state index contributed by atoms with van der Waals surface area (Å²) >= 11 is 0. The SMILES string of the molecule is Cc1ccc(C(C)NC(=O)CCNC(=O)c2ccccc2)cc1. The van der Waals surface area contributed by atoms with Crippen LogP contribution in [0.5, 0.6) is 0 Å². The second-order valence-electron chi connectivity index (χ2n) is 5.57. The Balaban J connectivity index is 1.74. The van der Waals surface area contributed by atoms with Crippen molar-refractivity contribution in [3.63, 3.8) is 0 Å². The van der Waals surface area contributed by atoms with E-state index in [-0.39, 0.29) is 24.3 Å². The predicted octanol–water partition coefficient (Wildman–Crippen LogP) is 2.99. The summed E-state index contributed by atoms with van der Waals surface area (Å²) in [7, 11) is 0. The van der Waals surface area contributed by atoms with Crippen molar-refractivity contribution in [3.05, 3.63) is 71.3 Å². The molecule has 2 N–H and O–H groups in total. The van der Waals surface area contributed by atoms with Crippen LogP contribution in [0.3, 0.4) is 0 Å². The van der Waals surface area contributed by atoms with E-state index in [2.05, 4.69) is 10.6 Å². The van der Waals surface area contributed by atoms with E-state index in [1.54, 1.807) is 12.1 Å². The van der Waals surface area contributed by atoms with E-state index in [1.165, 1.54) is 5.56 Å². The average molecular weight is 310 g/mol. The maximum absolute atomic E-state index is 11.9. The molecule has 0 radical (unpaired) electrons. The van der Waals surface area contributed by atoms with Gasteiger partial charge in [-0.15, -0.1) is 0 Å². The van der Waals surface area contributed by atoms with Gasteiger partial charge in [-0.1, -0.05) is 48.0 Å². The van der Waals surface area contributed by atoms with Crippen LogP contribution in [0.4, 0.5) is 0 Å². The van der Waals surface area contributed by atoms with E-state index in [0.717, 1.165) is 5.56 Å². The first-order chi connectivity index (χ1) is 11.1. The molecule has 0 bridgehead atoms. The van der Waals surface area contributed by atoms with Gasteiger partial charge in [-0.3, -0.25) is 9.59 Å². The van der Waals surface area contributed by atoms with Gasteiger partial charge < -0.3 is 10.6 Å². The summed E-state index contributed by atoms with van der Waals surface area (Å²) in [6.07, 6.45) is 0.259. The summed E-state index contributed by atoms with van der Waals surface area (Å²) in [5, 5.41) is 5.69. The van der Waals surface area contributed by atoms with Crippen LogP contribution in [0, 0.1) is 6.92 Å². The van der Waals surface area contributed by atoms with E-state index in [1.807, 2.05) is 56.3 Å². The first-order valence-electron chi connectivity index (χ1n) is 7.75. The second-order valence-corrected chi connectivity index (χ2v) is 5.57. The third kappa shape index (κ3) is 5.25. The van der Waals surface area contributed by atoms with Crippen LogP contribution in [-0.2, 0) is 4.79 Å². The van der Waals surface area contributed by atoms with Gasteiger partial charge in [0, 0.05) is 18.5 Å². The zero-order chi connectivity index (χ0) is 16.7. The first-order valence-corrected chi connectivity index (χ1v) is 7.75. The van der Waals surface area contributed by atoms with Crippen molar-refractivity contribution in [2.24, 2.45) is 0 Å². The Bertz CT molecular complexity index is 651. The quantitative estimate of drug-likeness (QED) is 0.861. The molecular weight excluding hydrogens is 288 g/mol. The van der Waals surface area contributed by atoms with E-state index < -0.39 is 0 Å². The Kier molecular flexibility index (Phi) is 5.92. The molecule has 0 saturated heterocycles. The number of benzene rings is 2. The highest BCUT2D eigenvalue weighted by molar-refractivity contribution is 5.94. The minimum absolute atomic E-state index is 0.0482. The molecule has 0 aromatic heterocycles. The highest BCUT2D eigenvalue weighted by atomic mass is 16.2. The molecule has 1 atom stereocenters. The third-order valence-corrected chi connectivity index (χ3v) is 3.63. The normalized spacial score (nSPS) is 11.6. The number of hydrogen-bond acceptors (Lipinski definition) is 2. The molecule has 0 aliphatic rings.